The number of H-pyrrole nitrogens is 1. The summed E-state index contributed by atoms with van der Waals surface area (Å²) in [7, 11) is 1.91. The van der Waals surface area contributed by atoms with E-state index in [0.29, 0.717) is 13.2 Å². The molecule has 24 heavy (non-hydrogen) atoms. The van der Waals surface area contributed by atoms with Crippen molar-refractivity contribution >= 4 is 28.8 Å². The first-order valence-corrected chi connectivity index (χ1v) is 9.08. The van der Waals surface area contributed by atoms with Crippen molar-refractivity contribution in [2.75, 3.05) is 26.9 Å². The molecule has 0 saturated carbocycles. The van der Waals surface area contributed by atoms with E-state index in [1.54, 1.807) is 0 Å². The summed E-state index contributed by atoms with van der Waals surface area (Å²) in [5, 5.41) is 4.83. The minimum absolute atomic E-state index is 0.532. The summed E-state index contributed by atoms with van der Waals surface area (Å²) >= 11 is 1.06. The summed E-state index contributed by atoms with van der Waals surface area (Å²) in [4.78, 5) is 14.1. The molecule has 2 rings (SSSR count). The number of aromatic amines is 1. The monoisotopic (exact) mass is 354 g/mol. The van der Waals surface area contributed by atoms with Crippen LogP contribution in [0.1, 0.15) is 25.7 Å². The lowest BCUT2D eigenvalue weighted by atomic mass is 10.2. The molecule has 1 heterocycles. The topological polar surface area (TPSA) is 66.2 Å². The SMILES string of the molecule is CN[SH+]c1cc2ccc(OCCCCCCNC(=O)CF)cc2[nH]1. The number of alkyl halides is 1. The molecule has 0 atom stereocenters. The Morgan fingerprint density at radius 3 is 2.88 bits per heavy atom. The van der Waals surface area contributed by atoms with E-state index >= 15 is 0 Å². The van der Waals surface area contributed by atoms with Gasteiger partial charge in [0.05, 0.1) is 12.1 Å². The van der Waals surface area contributed by atoms with E-state index in [2.05, 4.69) is 27.2 Å². The fourth-order valence-electron chi connectivity index (χ4n) is 2.41. The van der Waals surface area contributed by atoms with E-state index in [1.165, 1.54) is 5.39 Å². The molecule has 1 aromatic heterocycles. The molecule has 0 bridgehead atoms. The Balaban J connectivity index is 1.63. The number of rotatable bonds is 11. The second-order valence-electron chi connectivity index (χ2n) is 5.49. The van der Waals surface area contributed by atoms with Crippen molar-refractivity contribution in [1.82, 2.24) is 15.0 Å². The molecule has 0 aliphatic heterocycles. The highest BCUT2D eigenvalue weighted by Crippen LogP contribution is 2.22. The maximum atomic E-state index is 11.9. The zero-order valence-electron chi connectivity index (χ0n) is 13.9. The van der Waals surface area contributed by atoms with Crippen molar-refractivity contribution in [2.45, 2.75) is 30.7 Å². The Bertz CT molecular complexity index is 648. The van der Waals surface area contributed by atoms with Gasteiger partial charge in [0.1, 0.15) is 17.7 Å². The van der Waals surface area contributed by atoms with E-state index in [-0.39, 0.29) is 0 Å². The van der Waals surface area contributed by atoms with Crippen molar-refractivity contribution in [3.05, 3.63) is 24.3 Å². The molecule has 0 radical (unpaired) electrons. The van der Waals surface area contributed by atoms with Crippen LogP contribution in [0.25, 0.3) is 10.9 Å². The van der Waals surface area contributed by atoms with Gasteiger partial charge in [-0.05, 0) is 25.0 Å². The molecular weight excluding hydrogens is 329 g/mol. The Labute approximate surface area is 145 Å². The molecule has 0 fully saturated rings. The van der Waals surface area contributed by atoms with E-state index in [9.17, 15) is 9.18 Å². The number of aromatic nitrogens is 1. The van der Waals surface area contributed by atoms with Gasteiger partial charge in [0, 0.05) is 31.1 Å². The van der Waals surface area contributed by atoms with Crippen LogP contribution in [0, 0.1) is 0 Å². The molecule has 0 aliphatic carbocycles. The maximum absolute atomic E-state index is 11.9. The molecule has 7 heteroatoms. The van der Waals surface area contributed by atoms with Gasteiger partial charge in [-0.25, -0.2) is 4.39 Å². The molecular formula is C17H25FN3O2S+. The first kappa shape index (κ1) is 18.6. The van der Waals surface area contributed by atoms with Gasteiger partial charge >= 0.3 is 0 Å². The number of halogens is 1. The third-order valence-corrected chi connectivity index (χ3v) is 4.30. The van der Waals surface area contributed by atoms with Gasteiger partial charge in [0.15, 0.2) is 6.67 Å². The third-order valence-electron chi connectivity index (χ3n) is 3.60. The highest BCUT2D eigenvalue weighted by molar-refractivity contribution is 7.76. The average Bonchev–Trinajstić information content (AvgIpc) is 2.99. The number of fused-ring (bicyclic) bond motifs is 1. The molecule has 0 unspecified atom stereocenters. The lowest BCUT2D eigenvalue weighted by molar-refractivity contribution is -0.121. The number of thiol groups is 1. The number of hydrogen-bond donors (Lipinski definition) is 3. The molecule has 0 spiro atoms. The molecule has 2 aromatic rings. The molecule has 5 nitrogen and oxygen atoms in total. The summed E-state index contributed by atoms with van der Waals surface area (Å²) in [6, 6.07) is 8.20. The van der Waals surface area contributed by atoms with Crippen LogP contribution >= 0.6 is 0 Å². The van der Waals surface area contributed by atoms with Crippen LogP contribution in [0.2, 0.25) is 0 Å². The smallest absolute Gasteiger partial charge is 0.251 e. The molecule has 132 valence electrons. The lowest BCUT2D eigenvalue weighted by Crippen LogP contribution is -2.25. The Hall–Kier alpha value is -1.73. The van der Waals surface area contributed by atoms with Crippen molar-refractivity contribution in [3.8, 4) is 5.75 Å². The second kappa shape index (κ2) is 10.2. The van der Waals surface area contributed by atoms with E-state index < -0.39 is 12.6 Å². The fraction of sp³-hybridized carbons (Fsp3) is 0.471. The molecule has 0 aliphatic rings. The average molecular weight is 354 g/mol. The predicted octanol–water partition coefficient (Wildman–Crippen LogP) is 2.50. The quantitative estimate of drug-likeness (QED) is 0.330. The van der Waals surface area contributed by atoms with Gasteiger partial charge in [0.2, 0.25) is 5.03 Å². The van der Waals surface area contributed by atoms with Gasteiger partial charge in [0.25, 0.3) is 5.91 Å². The number of nitrogens with one attached hydrogen (secondary N) is 3. The van der Waals surface area contributed by atoms with Gasteiger partial charge in [-0.15, -0.1) is 4.72 Å². The maximum Gasteiger partial charge on any atom is 0.251 e. The normalized spacial score (nSPS) is 10.9. The predicted molar refractivity (Wildman–Crippen MR) is 97.3 cm³/mol. The van der Waals surface area contributed by atoms with Crippen molar-refractivity contribution in [1.29, 1.82) is 0 Å². The largest absolute Gasteiger partial charge is 0.494 e. The van der Waals surface area contributed by atoms with Crippen molar-refractivity contribution < 1.29 is 13.9 Å². The molecule has 0 saturated heterocycles. The number of benzene rings is 1. The van der Waals surface area contributed by atoms with E-state index in [4.69, 9.17) is 4.74 Å². The zero-order chi connectivity index (χ0) is 17.2. The van der Waals surface area contributed by atoms with Crippen LogP contribution in [0.15, 0.2) is 29.3 Å². The van der Waals surface area contributed by atoms with Crippen LogP contribution < -0.4 is 14.8 Å². The van der Waals surface area contributed by atoms with Gasteiger partial charge in [-0.1, -0.05) is 12.8 Å². The second-order valence-corrected chi connectivity index (χ2v) is 6.64. The highest BCUT2D eigenvalue weighted by Gasteiger charge is 2.07. The molecule has 3 N–H and O–H groups in total. The number of ether oxygens (including phenoxy) is 1. The van der Waals surface area contributed by atoms with Crippen LogP contribution in [0.5, 0.6) is 5.75 Å². The fourth-order valence-corrected chi connectivity index (χ4v) is 3.03. The number of carbonyl (C=O) groups excluding carboxylic acids is 1. The number of hydrogen-bond acceptors (Lipinski definition) is 3. The van der Waals surface area contributed by atoms with Crippen molar-refractivity contribution in [3.63, 3.8) is 0 Å². The number of carbonyl (C=O) groups is 1. The van der Waals surface area contributed by atoms with Crippen LogP contribution in [-0.4, -0.2) is 37.8 Å². The van der Waals surface area contributed by atoms with Crippen LogP contribution in [-0.2, 0) is 16.7 Å². The minimum Gasteiger partial charge on any atom is -0.494 e. The summed E-state index contributed by atoms with van der Waals surface area (Å²) in [6.45, 7) is 0.279. The van der Waals surface area contributed by atoms with E-state index in [0.717, 1.165) is 53.9 Å². The van der Waals surface area contributed by atoms with Crippen LogP contribution in [0.4, 0.5) is 4.39 Å². The van der Waals surface area contributed by atoms with Gasteiger partial charge in [-0.2, -0.15) is 0 Å². The summed E-state index contributed by atoms with van der Waals surface area (Å²) in [5.41, 5.74) is 1.08. The Morgan fingerprint density at radius 2 is 2.08 bits per heavy atom. The summed E-state index contributed by atoms with van der Waals surface area (Å²) in [5.74, 6) is 0.336. The summed E-state index contributed by atoms with van der Waals surface area (Å²) < 4.78 is 20.8. The number of amides is 1. The first-order chi connectivity index (χ1) is 11.7. The van der Waals surface area contributed by atoms with Crippen LogP contribution in [0.3, 0.4) is 0 Å². The first-order valence-electron chi connectivity index (χ1n) is 8.18. The van der Waals surface area contributed by atoms with E-state index in [1.807, 2.05) is 19.2 Å². The molecule has 1 amide bonds. The van der Waals surface area contributed by atoms with Gasteiger partial charge < -0.3 is 15.0 Å². The molecule has 1 aromatic carbocycles. The van der Waals surface area contributed by atoms with Crippen molar-refractivity contribution in [2.24, 2.45) is 0 Å². The standard InChI is InChI=1S/C17H24FN3O2S/c1-19-24-17-10-13-6-7-14(11-15(13)21-17)23-9-5-3-2-4-8-20-16(22)12-18/h6-7,10-11,19,21H,2-5,8-9,12H2,1H3,(H,20,22)/p+1. The minimum atomic E-state index is -0.936. The Morgan fingerprint density at radius 1 is 1.25 bits per heavy atom. The highest BCUT2D eigenvalue weighted by atomic mass is 32.2. The third kappa shape index (κ3) is 6.05. The summed E-state index contributed by atoms with van der Waals surface area (Å²) in [6.07, 6.45) is 3.86. The lowest BCUT2D eigenvalue weighted by Gasteiger charge is -2.06. The Kier molecular flexibility index (Phi) is 7.91. The number of unbranched alkanes of at least 4 members (excludes halogenated alkanes) is 3. The van der Waals surface area contributed by atoms with Gasteiger partial charge in [-0.3, -0.25) is 4.79 Å². The zero-order valence-corrected chi connectivity index (χ0v) is 14.8.